The van der Waals surface area contributed by atoms with Crippen LogP contribution >= 0.6 is 0 Å². The molecule has 2 aromatic carbocycles. The van der Waals surface area contributed by atoms with Crippen molar-refractivity contribution in [2.75, 3.05) is 0 Å². The van der Waals surface area contributed by atoms with Crippen molar-refractivity contribution in [2.45, 2.75) is 27.2 Å². The fraction of sp³-hybridized carbons (Fsp3) is 0.250. The minimum Gasteiger partial charge on any atom is -0.454 e. The van der Waals surface area contributed by atoms with E-state index in [1.807, 2.05) is 31.4 Å². The van der Waals surface area contributed by atoms with Crippen LogP contribution in [0.5, 0.6) is 0 Å². The van der Waals surface area contributed by atoms with Crippen LogP contribution in [0.15, 0.2) is 53.1 Å². The monoisotopic (exact) mass is 355 g/mol. The molecule has 0 spiro atoms. The second-order valence-corrected chi connectivity index (χ2v) is 7.62. The average Bonchev–Trinajstić information content (AvgIpc) is 3.02. The van der Waals surface area contributed by atoms with Crippen LogP contribution in [-0.2, 0) is 13.5 Å². The molecule has 0 amide bonds. The summed E-state index contributed by atoms with van der Waals surface area (Å²) in [5.74, 6) is 0.530. The molecule has 2 aromatic heterocycles. The molecule has 0 bridgehead atoms. The lowest BCUT2D eigenvalue weighted by Crippen LogP contribution is -2.30. The highest BCUT2D eigenvalue weighted by Gasteiger charge is 2.22. The van der Waals surface area contributed by atoms with Crippen molar-refractivity contribution in [2.24, 2.45) is 13.0 Å². The minimum absolute atomic E-state index is 0.530. The van der Waals surface area contributed by atoms with Crippen molar-refractivity contribution in [1.29, 1.82) is 5.26 Å². The lowest BCUT2D eigenvalue weighted by atomic mass is 9.94. The van der Waals surface area contributed by atoms with E-state index in [4.69, 9.17) is 4.42 Å². The van der Waals surface area contributed by atoms with Gasteiger partial charge < -0.3 is 4.42 Å². The molecule has 0 atom stereocenters. The predicted molar refractivity (Wildman–Crippen MR) is 108 cm³/mol. The van der Waals surface area contributed by atoms with E-state index in [9.17, 15) is 5.26 Å². The normalized spacial score (nSPS) is 11.4. The third-order valence-electron chi connectivity index (χ3n) is 5.14. The maximum atomic E-state index is 9.60. The van der Waals surface area contributed by atoms with E-state index in [0.29, 0.717) is 17.1 Å². The van der Waals surface area contributed by atoms with Crippen LogP contribution in [0.4, 0.5) is 0 Å². The standard InChI is InChI=1S/C24H23N2O/c1-15(2)13-17-9-10-18(14-25)23-22(17)19-11-8-16(3)21(24(19)27-23)20-7-5-6-12-26(20)4/h5-12,15H,13H2,1-4H3/q+1. The molecular formula is C24H23N2O+. The molecule has 0 aliphatic rings. The van der Waals surface area contributed by atoms with Gasteiger partial charge in [0, 0.05) is 22.9 Å². The number of benzene rings is 2. The number of hydrogen-bond acceptors (Lipinski definition) is 2. The highest BCUT2D eigenvalue weighted by molar-refractivity contribution is 6.12. The van der Waals surface area contributed by atoms with Gasteiger partial charge in [-0.15, -0.1) is 0 Å². The molecule has 0 fully saturated rings. The Morgan fingerprint density at radius 2 is 1.89 bits per heavy atom. The van der Waals surface area contributed by atoms with Crippen molar-refractivity contribution in [3.05, 3.63) is 65.4 Å². The van der Waals surface area contributed by atoms with Crippen LogP contribution in [0, 0.1) is 24.2 Å². The SMILES string of the molecule is Cc1ccc2c(oc3c(C#N)ccc(CC(C)C)c32)c1-c1cccc[n+]1C. The number of pyridine rings is 1. The molecule has 0 saturated carbocycles. The van der Waals surface area contributed by atoms with Crippen molar-refractivity contribution >= 4 is 21.9 Å². The van der Waals surface area contributed by atoms with E-state index in [0.717, 1.165) is 39.6 Å². The zero-order chi connectivity index (χ0) is 19.1. The summed E-state index contributed by atoms with van der Waals surface area (Å²) < 4.78 is 8.49. The molecule has 0 N–H and O–H groups in total. The Hall–Kier alpha value is -3.12. The second kappa shape index (κ2) is 6.55. The first-order valence-corrected chi connectivity index (χ1v) is 9.34. The van der Waals surface area contributed by atoms with Gasteiger partial charge in [0.25, 0.3) is 0 Å². The fourth-order valence-electron chi connectivity index (χ4n) is 3.91. The molecule has 0 aliphatic heterocycles. The van der Waals surface area contributed by atoms with Crippen molar-refractivity contribution < 1.29 is 8.98 Å². The van der Waals surface area contributed by atoms with Crippen LogP contribution in [0.3, 0.4) is 0 Å². The lowest BCUT2D eigenvalue weighted by Gasteiger charge is -2.07. The van der Waals surface area contributed by atoms with Crippen molar-refractivity contribution in [3.8, 4) is 17.3 Å². The van der Waals surface area contributed by atoms with E-state index in [-0.39, 0.29) is 0 Å². The van der Waals surface area contributed by atoms with E-state index < -0.39 is 0 Å². The zero-order valence-electron chi connectivity index (χ0n) is 16.2. The first kappa shape index (κ1) is 17.3. The number of nitriles is 1. The van der Waals surface area contributed by atoms with Gasteiger partial charge in [-0.2, -0.15) is 5.26 Å². The molecule has 4 rings (SSSR count). The van der Waals surface area contributed by atoms with Gasteiger partial charge in [-0.1, -0.05) is 32.0 Å². The summed E-state index contributed by atoms with van der Waals surface area (Å²) in [7, 11) is 2.04. The summed E-state index contributed by atoms with van der Waals surface area (Å²) in [5, 5.41) is 11.8. The number of fused-ring (bicyclic) bond motifs is 3. The Bertz CT molecular complexity index is 1210. The third kappa shape index (κ3) is 2.78. The summed E-state index contributed by atoms with van der Waals surface area (Å²) in [6, 6.07) is 16.7. The molecular weight excluding hydrogens is 332 g/mol. The highest BCUT2D eigenvalue weighted by Crippen LogP contribution is 2.39. The summed E-state index contributed by atoms with van der Waals surface area (Å²) >= 11 is 0. The second-order valence-electron chi connectivity index (χ2n) is 7.62. The number of furan rings is 1. The van der Waals surface area contributed by atoms with Crippen molar-refractivity contribution in [3.63, 3.8) is 0 Å². The maximum Gasteiger partial charge on any atom is 0.216 e. The van der Waals surface area contributed by atoms with E-state index >= 15 is 0 Å². The number of rotatable bonds is 3. The Kier molecular flexibility index (Phi) is 4.20. The van der Waals surface area contributed by atoms with E-state index in [1.54, 1.807) is 0 Å². The summed E-state index contributed by atoms with van der Waals surface area (Å²) in [4.78, 5) is 0. The Labute approximate surface area is 159 Å². The van der Waals surface area contributed by atoms with E-state index in [2.05, 4.69) is 55.7 Å². The molecule has 134 valence electrons. The smallest absolute Gasteiger partial charge is 0.216 e. The number of aromatic nitrogens is 1. The minimum atomic E-state index is 0.530. The Morgan fingerprint density at radius 1 is 1.07 bits per heavy atom. The van der Waals surface area contributed by atoms with Gasteiger partial charge in [0.15, 0.2) is 11.8 Å². The molecule has 3 heteroatoms. The molecule has 3 nitrogen and oxygen atoms in total. The number of aryl methyl sites for hydroxylation is 2. The Balaban J connectivity index is 2.15. The predicted octanol–water partition coefficient (Wildman–Crippen LogP) is 5.46. The summed E-state index contributed by atoms with van der Waals surface area (Å²) in [6.45, 7) is 6.53. The molecule has 2 heterocycles. The van der Waals surface area contributed by atoms with Gasteiger partial charge in [-0.3, -0.25) is 0 Å². The lowest BCUT2D eigenvalue weighted by molar-refractivity contribution is -0.660. The third-order valence-corrected chi connectivity index (χ3v) is 5.14. The van der Waals surface area contributed by atoms with Gasteiger partial charge in [0.1, 0.15) is 18.7 Å². The van der Waals surface area contributed by atoms with Crippen LogP contribution in [-0.4, -0.2) is 0 Å². The Morgan fingerprint density at radius 3 is 2.59 bits per heavy atom. The first-order valence-electron chi connectivity index (χ1n) is 9.34. The zero-order valence-corrected chi connectivity index (χ0v) is 16.2. The van der Waals surface area contributed by atoms with Crippen molar-refractivity contribution in [1.82, 2.24) is 0 Å². The highest BCUT2D eigenvalue weighted by atomic mass is 16.3. The quantitative estimate of drug-likeness (QED) is 0.458. The molecule has 27 heavy (non-hydrogen) atoms. The van der Waals surface area contributed by atoms with Gasteiger partial charge in [-0.25, -0.2) is 4.57 Å². The van der Waals surface area contributed by atoms with Gasteiger partial charge in [-0.05, 0) is 42.5 Å². The number of nitrogens with zero attached hydrogens (tertiary/aromatic N) is 2. The molecule has 0 saturated heterocycles. The van der Waals surface area contributed by atoms with Gasteiger partial charge >= 0.3 is 0 Å². The van der Waals surface area contributed by atoms with Crippen LogP contribution in [0.25, 0.3) is 33.2 Å². The molecule has 0 unspecified atom stereocenters. The largest absolute Gasteiger partial charge is 0.454 e. The number of hydrogen-bond donors (Lipinski definition) is 0. The first-order chi connectivity index (χ1) is 13.0. The maximum absolute atomic E-state index is 9.60. The van der Waals surface area contributed by atoms with Crippen LogP contribution < -0.4 is 4.57 Å². The fourth-order valence-corrected chi connectivity index (χ4v) is 3.91. The molecule has 0 aliphatic carbocycles. The van der Waals surface area contributed by atoms with Gasteiger partial charge in [0.2, 0.25) is 5.69 Å². The topological polar surface area (TPSA) is 40.8 Å². The molecule has 4 aromatic rings. The van der Waals surface area contributed by atoms with Crippen LogP contribution in [0.2, 0.25) is 0 Å². The molecule has 0 radical (unpaired) electrons. The summed E-state index contributed by atoms with van der Waals surface area (Å²) in [6.07, 6.45) is 3.00. The van der Waals surface area contributed by atoms with E-state index in [1.165, 1.54) is 5.56 Å². The summed E-state index contributed by atoms with van der Waals surface area (Å²) in [5.41, 5.74) is 6.75. The van der Waals surface area contributed by atoms with Crippen LogP contribution in [0.1, 0.15) is 30.5 Å². The average molecular weight is 355 g/mol. The van der Waals surface area contributed by atoms with Gasteiger partial charge in [0.05, 0.1) is 11.1 Å².